The van der Waals surface area contributed by atoms with Crippen molar-refractivity contribution < 1.29 is 17.9 Å². The molecule has 1 aromatic carbocycles. The van der Waals surface area contributed by atoms with Gasteiger partial charge in [-0.05, 0) is 56.4 Å². The number of fused-ring (bicyclic) bond motifs is 1. The number of methoxy groups -OCH3 is 1. The second-order valence-corrected chi connectivity index (χ2v) is 9.75. The number of sulfonamides is 1. The first-order valence-electron chi connectivity index (χ1n) is 10.1. The second kappa shape index (κ2) is 7.83. The molecule has 0 amide bonds. The molecule has 1 saturated carbocycles. The molecule has 0 unspecified atom stereocenters. The van der Waals surface area contributed by atoms with Gasteiger partial charge in [-0.1, -0.05) is 0 Å². The zero-order valence-corrected chi connectivity index (χ0v) is 18.5. The summed E-state index contributed by atoms with van der Waals surface area (Å²) >= 11 is 0. The average molecular weight is 430 g/mol. The fourth-order valence-corrected chi connectivity index (χ4v) is 4.35. The Morgan fingerprint density at radius 2 is 2.03 bits per heavy atom. The van der Waals surface area contributed by atoms with E-state index in [2.05, 4.69) is 9.71 Å². The van der Waals surface area contributed by atoms with E-state index in [0.29, 0.717) is 24.1 Å². The highest BCUT2D eigenvalue weighted by Crippen LogP contribution is 2.43. The normalized spacial score (nSPS) is 14.1. The van der Waals surface area contributed by atoms with Crippen LogP contribution in [-0.4, -0.2) is 37.4 Å². The average Bonchev–Trinajstić information content (AvgIpc) is 3.50. The van der Waals surface area contributed by atoms with Crippen LogP contribution < -0.4 is 14.2 Å². The molecule has 1 aliphatic carbocycles. The third-order valence-corrected chi connectivity index (χ3v) is 6.85. The van der Waals surface area contributed by atoms with Crippen LogP contribution in [0.25, 0.3) is 22.0 Å². The van der Waals surface area contributed by atoms with Gasteiger partial charge in [-0.25, -0.2) is 13.4 Å². The van der Waals surface area contributed by atoms with Crippen LogP contribution in [0.2, 0.25) is 0 Å². The maximum atomic E-state index is 12.2. The van der Waals surface area contributed by atoms with Crippen LogP contribution in [-0.2, 0) is 17.1 Å². The summed E-state index contributed by atoms with van der Waals surface area (Å²) in [5.41, 5.74) is 4.09. The molecule has 7 nitrogen and oxygen atoms in total. The van der Waals surface area contributed by atoms with E-state index in [9.17, 15) is 8.42 Å². The van der Waals surface area contributed by atoms with Crippen molar-refractivity contribution in [3.05, 3.63) is 36.2 Å². The first-order valence-corrected chi connectivity index (χ1v) is 11.7. The van der Waals surface area contributed by atoms with Crippen molar-refractivity contribution in [2.45, 2.75) is 26.7 Å². The molecule has 0 spiro atoms. The van der Waals surface area contributed by atoms with Gasteiger partial charge in [0.2, 0.25) is 15.9 Å². The van der Waals surface area contributed by atoms with Gasteiger partial charge in [-0.15, -0.1) is 0 Å². The topological polar surface area (TPSA) is 82.5 Å². The number of nitrogens with zero attached hydrogens (tertiary/aromatic N) is 2. The highest BCUT2D eigenvalue weighted by molar-refractivity contribution is 7.92. The highest BCUT2D eigenvalue weighted by Gasteiger charge is 2.25. The van der Waals surface area contributed by atoms with Crippen molar-refractivity contribution in [2.75, 3.05) is 24.2 Å². The summed E-state index contributed by atoms with van der Waals surface area (Å²) in [6, 6.07) is 5.58. The van der Waals surface area contributed by atoms with Crippen molar-refractivity contribution in [3.8, 4) is 22.8 Å². The van der Waals surface area contributed by atoms with Gasteiger partial charge in [0, 0.05) is 36.0 Å². The Labute approximate surface area is 177 Å². The van der Waals surface area contributed by atoms with Gasteiger partial charge in [0.25, 0.3) is 0 Å². The van der Waals surface area contributed by atoms with Crippen LogP contribution >= 0.6 is 0 Å². The molecule has 0 radical (unpaired) electrons. The molecule has 0 bridgehead atoms. The predicted octanol–water partition coefficient (Wildman–Crippen LogP) is 4.11. The number of hydrogen-bond acceptors (Lipinski definition) is 5. The van der Waals surface area contributed by atoms with Crippen LogP contribution in [0.3, 0.4) is 0 Å². The lowest BCUT2D eigenvalue weighted by Crippen LogP contribution is -2.15. The first kappa shape index (κ1) is 20.5. The minimum absolute atomic E-state index is 0.0127. The summed E-state index contributed by atoms with van der Waals surface area (Å²) in [6.45, 7) is 4.21. The number of hydrogen-bond donors (Lipinski definition) is 1. The lowest BCUT2D eigenvalue weighted by molar-refractivity contribution is 0.301. The van der Waals surface area contributed by atoms with Crippen molar-refractivity contribution in [1.82, 2.24) is 9.55 Å². The molecule has 1 N–H and O–H groups in total. The number of aromatic nitrogens is 2. The molecule has 0 atom stereocenters. The molecule has 3 aromatic rings. The fourth-order valence-electron chi connectivity index (χ4n) is 3.65. The Morgan fingerprint density at radius 3 is 2.70 bits per heavy atom. The number of benzene rings is 1. The summed E-state index contributed by atoms with van der Waals surface area (Å²) in [4.78, 5) is 4.32. The molecule has 160 valence electrons. The zero-order chi connectivity index (χ0) is 21.5. The third-order valence-electron chi connectivity index (χ3n) is 5.56. The van der Waals surface area contributed by atoms with Crippen LogP contribution in [0.1, 0.15) is 25.3 Å². The monoisotopic (exact) mass is 429 g/mol. The predicted molar refractivity (Wildman–Crippen MR) is 119 cm³/mol. The molecule has 2 aromatic heterocycles. The van der Waals surface area contributed by atoms with Gasteiger partial charge < -0.3 is 14.0 Å². The first-order chi connectivity index (χ1) is 14.3. The van der Waals surface area contributed by atoms with Crippen LogP contribution in [0.5, 0.6) is 11.6 Å². The van der Waals surface area contributed by atoms with Crippen molar-refractivity contribution >= 4 is 26.6 Å². The van der Waals surface area contributed by atoms with Gasteiger partial charge in [0.05, 0.1) is 25.2 Å². The number of ether oxygens (including phenoxy) is 2. The van der Waals surface area contributed by atoms with E-state index in [1.165, 1.54) is 12.8 Å². The van der Waals surface area contributed by atoms with E-state index in [0.717, 1.165) is 33.3 Å². The Bertz CT molecular complexity index is 1200. The summed E-state index contributed by atoms with van der Waals surface area (Å²) in [6.07, 6.45) is 6.12. The Hall–Kier alpha value is -2.74. The van der Waals surface area contributed by atoms with E-state index in [4.69, 9.17) is 9.47 Å². The molecule has 30 heavy (non-hydrogen) atoms. The van der Waals surface area contributed by atoms with Crippen LogP contribution in [0, 0.1) is 12.8 Å². The van der Waals surface area contributed by atoms with E-state index in [-0.39, 0.29) is 5.75 Å². The van der Waals surface area contributed by atoms with Gasteiger partial charge in [0.1, 0.15) is 11.3 Å². The summed E-state index contributed by atoms with van der Waals surface area (Å²) in [5, 5.41) is 0.972. The maximum Gasteiger partial charge on any atom is 0.238 e. The van der Waals surface area contributed by atoms with Crippen molar-refractivity contribution in [2.24, 2.45) is 13.0 Å². The van der Waals surface area contributed by atoms with E-state index < -0.39 is 10.0 Å². The van der Waals surface area contributed by atoms with E-state index in [1.807, 2.05) is 36.9 Å². The Balaban J connectivity index is 1.91. The number of nitrogens with one attached hydrogen (secondary N) is 1. The molecule has 0 aliphatic heterocycles. The van der Waals surface area contributed by atoms with Gasteiger partial charge in [-0.3, -0.25) is 4.72 Å². The quantitative estimate of drug-likeness (QED) is 0.583. The highest BCUT2D eigenvalue weighted by atomic mass is 32.2. The summed E-state index contributed by atoms with van der Waals surface area (Å²) in [5.74, 6) is 1.91. The number of rotatable bonds is 8. The van der Waals surface area contributed by atoms with Crippen molar-refractivity contribution in [1.29, 1.82) is 0 Å². The molecule has 4 rings (SSSR count). The molecule has 1 aliphatic rings. The van der Waals surface area contributed by atoms with E-state index >= 15 is 0 Å². The fraction of sp³-hybridized carbons (Fsp3) is 0.409. The largest absolute Gasteiger partial charge is 0.493 e. The summed E-state index contributed by atoms with van der Waals surface area (Å²) in [7, 11) is 0.149. The number of anilines is 1. The van der Waals surface area contributed by atoms with Gasteiger partial charge in [0.15, 0.2) is 0 Å². The third kappa shape index (κ3) is 3.84. The zero-order valence-electron chi connectivity index (χ0n) is 17.7. The molecular formula is C22H27N3O4S. The minimum atomic E-state index is -3.40. The smallest absolute Gasteiger partial charge is 0.238 e. The Morgan fingerprint density at radius 1 is 1.27 bits per heavy atom. The SMILES string of the molecule is CCS(=O)(=O)Nc1ccc(OCC2CC2)c(-c2cn(C)c3c(OC)nccc23)c1C. The molecule has 1 fully saturated rings. The van der Waals surface area contributed by atoms with Crippen LogP contribution in [0.4, 0.5) is 5.69 Å². The number of pyridine rings is 1. The minimum Gasteiger partial charge on any atom is -0.493 e. The number of aryl methyl sites for hydroxylation is 1. The molecule has 2 heterocycles. The van der Waals surface area contributed by atoms with Gasteiger partial charge in [-0.2, -0.15) is 0 Å². The van der Waals surface area contributed by atoms with E-state index in [1.54, 1.807) is 26.3 Å². The molecule has 8 heteroatoms. The summed E-state index contributed by atoms with van der Waals surface area (Å²) < 4.78 is 40.7. The lowest BCUT2D eigenvalue weighted by Gasteiger charge is -2.18. The standard InChI is InChI=1S/C22H27N3O4S/c1-5-30(26,27)24-18-8-9-19(29-13-15-6-7-15)20(14(18)2)17-12-25(3)21-16(17)10-11-23-22(21)28-4/h8-12,15,24H,5-7,13H2,1-4H3. The molecule has 0 saturated heterocycles. The Kier molecular flexibility index (Phi) is 5.36. The second-order valence-electron chi connectivity index (χ2n) is 7.74. The maximum absolute atomic E-state index is 12.2. The lowest BCUT2D eigenvalue weighted by atomic mass is 9.98. The van der Waals surface area contributed by atoms with Gasteiger partial charge >= 0.3 is 0 Å². The van der Waals surface area contributed by atoms with Crippen molar-refractivity contribution in [3.63, 3.8) is 0 Å². The molecular weight excluding hydrogens is 402 g/mol. The van der Waals surface area contributed by atoms with Crippen LogP contribution in [0.15, 0.2) is 30.6 Å².